The molecule has 0 saturated heterocycles. The Labute approximate surface area is 233 Å². The molecule has 0 amide bonds. The predicted molar refractivity (Wildman–Crippen MR) is 169 cm³/mol. The van der Waals surface area contributed by atoms with Gasteiger partial charge in [-0.3, -0.25) is 0 Å². The number of hydrogen-bond donors (Lipinski definition) is 0. The second kappa shape index (κ2) is 7.91. The van der Waals surface area contributed by atoms with E-state index in [9.17, 15) is 0 Å². The summed E-state index contributed by atoms with van der Waals surface area (Å²) in [5.41, 5.74) is 16.3. The molecule has 0 radical (unpaired) electrons. The summed E-state index contributed by atoms with van der Waals surface area (Å²) < 4.78 is 2.52. The molecule has 3 heterocycles. The van der Waals surface area contributed by atoms with E-state index in [0.29, 0.717) is 0 Å². The Morgan fingerprint density at radius 1 is 0.615 bits per heavy atom. The molecule has 0 spiro atoms. The Bertz CT molecular complexity index is 1790. The van der Waals surface area contributed by atoms with Gasteiger partial charge in [-0.25, -0.2) is 0 Å². The molecule has 2 nitrogen and oxygen atoms in total. The van der Waals surface area contributed by atoms with Gasteiger partial charge in [-0.05, 0) is 88.1 Å². The molecular formula is C36H37BN2. The lowest BCUT2D eigenvalue weighted by Crippen LogP contribution is -2.60. The van der Waals surface area contributed by atoms with E-state index in [0.717, 1.165) is 0 Å². The first-order valence-electron chi connectivity index (χ1n) is 14.3. The van der Waals surface area contributed by atoms with E-state index in [1.807, 2.05) is 0 Å². The summed E-state index contributed by atoms with van der Waals surface area (Å²) in [7, 11) is 0. The SMILES string of the molecule is Cc1c(C)n2c3c(cccc13)B1c3cc(C(C)(C)C)ccc3N(c3ccc(C(C)(C)C)cc3)c3cccc-2c31. The van der Waals surface area contributed by atoms with Gasteiger partial charge in [-0.1, -0.05) is 90.1 Å². The van der Waals surface area contributed by atoms with Crippen molar-refractivity contribution in [1.29, 1.82) is 0 Å². The molecule has 7 rings (SSSR count). The van der Waals surface area contributed by atoms with Gasteiger partial charge in [0.15, 0.2) is 0 Å². The van der Waals surface area contributed by atoms with Crippen LogP contribution in [0.3, 0.4) is 0 Å². The summed E-state index contributed by atoms with van der Waals surface area (Å²) in [4.78, 5) is 2.50. The van der Waals surface area contributed by atoms with E-state index in [1.165, 1.54) is 72.4 Å². The van der Waals surface area contributed by atoms with Gasteiger partial charge in [-0.2, -0.15) is 0 Å². The Hall–Kier alpha value is -3.72. The third kappa shape index (κ3) is 3.35. The Morgan fingerprint density at radius 2 is 1.26 bits per heavy atom. The van der Waals surface area contributed by atoms with E-state index in [2.05, 4.69) is 144 Å². The molecule has 0 saturated carbocycles. The zero-order valence-electron chi connectivity index (χ0n) is 24.5. The van der Waals surface area contributed by atoms with Crippen LogP contribution in [0.1, 0.15) is 63.9 Å². The maximum Gasteiger partial charge on any atom is 0.252 e. The second-order valence-corrected chi connectivity index (χ2v) is 13.6. The van der Waals surface area contributed by atoms with Crippen molar-refractivity contribution in [2.75, 3.05) is 4.90 Å². The monoisotopic (exact) mass is 508 g/mol. The molecule has 0 unspecified atom stereocenters. The number of benzene rings is 4. The van der Waals surface area contributed by atoms with Crippen molar-refractivity contribution in [3.63, 3.8) is 0 Å². The van der Waals surface area contributed by atoms with Crippen molar-refractivity contribution in [2.45, 2.75) is 66.2 Å². The normalized spacial score (nSPS) is 14.1. The van der Waals surface area contributed by atoms with Crippen LogP contribution in [0.25, 0.3) is 16.6 Å². The Balaban J connectivity index is 1.58. The fraction of sp³-hybridized carbons (Fsp3) is 0.278. The van der Waals surface area contributed by atoms with Crippen LogP contribution in [0.2, 0.25) is 0 Å². The molecular weight excluding hydrogens is 471 g/mol. The van der Waals surface area contributed by atoms with E-state index in [-0.39, 0.29) is 17.5 Å². The minimum atomic E-state index is 0.0715. The third-order valence-corrected chi connectivity index (χ3v) is 9.15. The van der Waals surface area contributed by atoms with Crippen LogP contribution in [-0.4, -0.2) is 11.3 Å². The van der Waals surface area contributed by atoms with Gasteiger partial charge >= 0.3 is 0 Å². The van der Waals surface area contributed by atoms with Crippen LogP contribution in [0.15, 0.2) is 78.9 Å². The van der Waals surface area contributed by atoms with E-state index in [1.54, 1.807) is 0 Å². The van der Waals surface area contributed by atoms with Crippen LogP contribution in [-0.2, 0) is 10.8 Å². The van der Waals surface area contributed by atoms with Gasteiger partial charge in [0.25, 0.3) is 6.71 Å². The van der Waals surface area contributed by atoms with Gasteiger partial charge in [0, 0.05) is 39.3 Å². The molecule has 0 fully saturated rings. The summed E-state index contributed by atoms with van der Waals surface area (Å²) in [6, 6.07) is 30.2. The molecule has 1 aromatic heterocycles. The number of anilines is 3. The molecule has 194 valence electrons. The lowest BCUT2D eigenvalue weighted by Gasteiger charge is -2.41. The lowest BCUT2D eigenvalue weighted by molar-refractivity contribution is 0.590. The predicted octanol–water partition coefficient (Wildman–Crippen LogP) is 7.46. The number of hydrogen-bond acceptors (Lipinski definition) is 1. The number of para-hydroxylation sites is 1. The van der Waals surface area contributed by atoms with Crippen LogP contribution < -0.4 is 21.3 Å². The van der Waals surface area contributed by atoms with Crippen molar-refractivity contribution < 1.29 is 0 Å². The lowest BCUT2D eigenvalue weighted by atomic mass is 9.33. The minimum absolute atomic E-state index is 0.0715. The molecule has 5 aromatic rings. The summed E-state index contributed by atoms with van der Waals surface area (Å²) in [6.45, 7) is 18.5. The Morgan fingerprint density at radius 3 is 1.95 bits per heavy atom. The van der Waals surface area contributed by atoms with Crippen molar-refractivity contribution in [3.8, 4) is 5.69 Å². The standard InChI is InChI=1S/C36H37BN2/c1-22-23(2)38-31-13-10-14-32-33(31)37(28-12-9-11-27(22)34(28)38)29-21-25(36(6,7)8)17-20-30(29)39(32)26-18-15-24(16-19-26)35(3,4)5/h9-21H,1-8H3. The largest absolute Gasteiger partial charge is 0.315 e. The number of aryl methyl sites for hydroxylation is 1. The molecule has 0 N–H and O–H groups in total. The summed E-state index contributed by atoms with van der Waals surface area (Å²) in [5.74, 6) is 0. The van der Waals surface area contributed by atoms with Gasteiger partial charge in [0.1, 0.15) is 0 Å². The first-order valence-corrected chi connectivity index (χ1v) is 14.3. The van der Waals surface area contributed by atoms with Gasteiger partial charge < -0.3 is 9.47 Å². The fourth-order valence-corrected chi connectivity index (χ4v) is 6.86. The number of nitrogens with zero attached hydrogens (tertiary/aromatic N) is 2. The van der Waals surface area contributed by atoms with E-state index < -0.39 is 0 Å². The van der Waals surface area contributed by atoms with Crippen LogP contribution in [0.4, 0.5) is 17.1 Å². The summed E-state index contributed by atoms with van der Waals surface area (Å²) >= 11 is 0. The molecule has 2 aliphatic heterocycles. The van der Waals surface area contributed by atoms with Gasteiger partial charge in [0.2, 0.25) is 0 Å². The molecule has 0 atom stereocenters. The highest BCUT2D eigenvalue weighted by atomic mass is 15.2. The smallest absolute Gasteiger partial charge is 0.252 e. The highest BCUT2D eigenvalue weighted by Crippen LogP contribution is 2.41. The van der Waals surface area contributed by atoms with E-state index in [4.69, 9.17) is 0 Å². The minimum Gasteiger partial charge on any atom is -0.315 e. The van der Waals surface area contributed by atoms with Crippen molar-refractivity contribution >= 4 is 51.1 Å². The molecule has 2 aliphatic rings. The van der Waals surface area contributed by atoms with Crippen LogP contribution in [0, 0.1) is 13.8 Å². The molecule has 4 aromatic carbocycles. The summed E-state index contributed by atoms with van der Waals surface area (Å²) in [5, 5.41) is 1.37. The quantitative estimate of drug-likeness (QED) is 0.209. The maximum atomic E-state index is 2.52. The zero-order chi connectivity index (χ0) is 27.4. The maximum absolute atomic E-state index is 2.52. The third-order valence-electron chi connectivity index (χ3n) is 9.15. The summed E-state index contributed by atoms with van der Waals surface area (Å²) in [6.07, 6.45) is 0. The van der Waals surface area contributed by atoms with Gasteiger partial charge in [-0.15, -0.1) is 0 Å². The molecule has 3 heteroatoms. The first-order chi connectivity index (χ1) is 18.5. The average molecular weight is 509 g/mol. The molecule has 0 bridgehead atoms. The number of fused-ring (bicyclic) bond motifs is 4. The highest BCUT2D eigenvalue weighted by molar-refractivity contribution is 7.00. The Kier molecular flexibility index (Phi) is 4.94. The second-order valence-electron chi connectivity index (χ2n) is 13.6. The van der Waals surface area contributed by atoms with Crippen LogP contribution in [0.5, 0.6) is 0 Å². The number of rotatable bonds is 1. The van der Waals surface area contributed by atoms with Crippen molar-refractivity contribution in [2.24, 2.45) is 0 Å². The van der Waals surface area contributed by atoms with Gasteiger partial charge in [0.05, 0.1) is 0 Å². The molecule has 39 heavy (non-hydrogen) atoms. The fourth-order valence-electron chi connectivity index (χ4n) is 6.86. The van der Waals surface area contributed by atoms with Crippen molar-refractivity contribution in [1.82, 2.24) is 4.57 Å². The van der Waals surface area contributed by atoms with E-state index >= 15 is 0 Å². The first kappa shape index (κ1) is 24.3. The highest BCUT2D eigenvalue weighted by Gasteiger charge is 2.42. The van der Waals surface area contributed by atoms with Crippen LogP contribution >= 0.6 is 0 Å². The molecule has 0 aliphatic carbocycles. The zero-order valence-corrected chi connectivity index (χ0v) is 24.5. The number of aromatic nitrogens is 1. The average Bonchev–Trinajstić information content (AvgIpc) is 3.16. The topological polar surface area (TPSA) is 8.17 Å². The van der Waals surface area contributed by atoms with Crippen molar-refractivity contribution in [3.05, 3.63) is 101 Å².